The Morgan fingerprint density at radius 2 is 1.76 bits per heavy atom. The highest BCUT2D eigenvalue weighted by Crippen LogP contribution is 2.32. The van der Waals surface area contributed by atoms with Crippen molar-refractivity contribution in [3.05, 3.63) is 45.3 Å². The molecule has 3 rings (SSSR count). The number of aromatic nitrogens is 3. The van der Waals surface area contributed by atoms with Gasteiger partial charge >= 0.3 is 0 Å². The van der Waals surface area contributed by atoms with Gasteiger partial charge < -0.3 is 5.73 Å². The van der Waals surface area contributed by atoms with Crippen LogP contribution in [0.1, 0.15) is 17.1 Å². The summed E-state index contributed by atoms with van der Waals surface area (Å²) < 4.78 is 2.03. The minimum atomic E-state index is 0.497. The molecule has 0 aliphatic carbocycles. The molecule has 1 aromatic carbocycles. The maximum Gasteiger partial charge on any atom is 0.150 e. The first-order chi connectivity index (χ1) is 9.90. The van der Waals surface area contributed by atoms with Crippen LogP contribution in [0, 0.1) is 20.8 Å². The van der Waals surface area contributed by atoms with Crippen LogP contribution in [0.3, 0.4) is 0 Å². The number of hydrogen-bond acceptors (Lipinski definition) is 3. The fourth-order valence-electron chi connectivity index (χ4n) is 2.55. The van der Waals surface area contributed by atoms with Crippen molar-refractivity contribution in [1.82, 2.24) is 14.5 Å². The van der Waals surface area contributed by atoms with E-state index in [2.05, 4.69) is 9.97 Å². The Labute approximate surface area is 132 Å². The van der Waals surface area contributed by atoms with Crippen LogP contribution in [0.4, 0.5) is 5.82 Å². The van der Waals surface area contributed by atoms with Gasteiger partial charge in [0.1, 0.15) is 11.6 Å². The third-order valence-corrected chi connectivity index (χ3v) is 4.40. The normalized spacial score (nSPS) is 11.3. The third kappa shape index (κ3) is 2.15. The molecule has 2 heterocycles. The van der Waals surface area contributed by atoms with Gasteiger partial charge in [-0.15, -0.1) is 0 Å². The summed E-state index contributed by atoms with van der Waals surface area (Å²) in [5, 5.41) is 1.91. The molecular formula is C15H14Cl2N4. The molecule has 4 nitrogen and oxygen atoms in total. The first kappa shape index (κ1) is 14.2. The highest BCUT2D eigenvalue weighted by atomic mass is 35.5. The molecule has 0 aliphatic heterocycles. The average molecular weight is 321 g/mol. The second-order valence-corrected chi connectivity index (χ2v) is 5.81. The minimum Gasteiger partial charge on any atom is -0.383 e. The quantitative estimate of drug-likeness (QED) is 0.729. The lowest BCUT2D eigenvalue weighted by Crippen LogP contribution is -2.01. The van der Waals surface area contributed by atoms with E-state index >= 15 is 0 Å². The molecule has 0 saturated heterocycles. The molecule has 3 aromatic rings. The molecule has 0 unspecified atom stereocenters. The van der Waals surface area contributed by atoms with E-state index in [0.29, 0.717) is 21.7 Å². The van der Waals surface area contributed by atoms with Crippen LogP contribution in [0.15, 0.2) is 18.2 Å². The number of halogens is 2. The van der Waals surface area contributed by atoms with Gasteiger partial charge in [0.05, 0.1) is 15.4 Å². The number of benzene rings is 1. The average Bonchev–Trinajstić information content (AvgIpc) is 2.65. The van der Waals surface area contributed by atoms with Crippen molar-refractivity contribution >= 4 is 40.1 Å². The van der Waals surface area contributed by atoms with Crippen molar-refractivity contribution in [2.24, 2.45) is 0 Å². The summed E-state index contributed by atoms with van der Waals surface area (Å²) >= 11 is 12.1. The van der Waals surface area contributed by atoms with Gasteiger partial charge in [0.25, 0.3) is 0 Å². The van der Waals surface area contributed by atoms with Crippen LogP contribution in [0.25, 0.3) is 16.7 Å². The summed E-state index contributed by atoms with van der Waals surface area (Å²) in [6.07, 6.45) is 0. The van der Waals surface area contributed by atoms with Crippen molar-refractivity contribution in [3.63, 3.8) is 0 Å². The van der Waals surface area contributed by atoms with Crippen molar-refractivity contribution in [1.29, 1.82) is 0 Å². The summed E-state index contributed by atoms with van der Waals surface area (Å²) in [7, 11) is 0. The molecule has 0 spiro atoms. The molecule has 0 bridgehead atoms. The van der Waals surface area contributed by atoms with E-state index in [4.69, 9.17) is 28.9 Å². The van der Waals surface area contributed by atoms with Gasteiger partial charge in [0, 0.05) is 11.4 Å². The van der Waals surface area contributed by atoms with E-state index in [0.717, 1.165) is 28.0 Å². The fourth-order valence-corrected chi connectivity index (χ4v) is 2.84. The minimum absolute atomic E-state index is 0.497. The number of nitrogens with two attached hydrogens (primary N) is 1. The number of hydrogen-bond donors (Lipinski definition) is 1. The van der Waals surface area contributed by atoms with E-state index in [1.165, 1.54) is 0 Å². The smallest absolute Gasteiger partial charge is 0.150 e. The third-order valence-electron chi connectivity index (χ3n) is 3.66. The monoisotopic (exact) mass is 320 g/mol. The lowest BCUT2D eigenvalue weighted by Gasteiger charge is -2.09. The van der Waals surface area contributed by atoms with Crippen molar-refractivity contribution in [2.45, 2.75) is 20.8 Å². The van der Waals surface area contributed by atoms with Crippen LogP contribution in [0.5, 0.6) is 0 Å². The lowest BCUT2D eigenvalue weighted by molar-refractivity contribution is 0.996. The summed E-state index contributed by atoms with van der Waals surface area (Å²) in [6, 6.07) is 5.51. The summed E-state index contributed by atoms with van der Waals surface area (Å²) in [6.45, 7) is 5.86. The first-order valence-electron chi connectivity index (χ1n) is 6.47. The van der Waals surface area contributed by atoms with Gasteiger partial charge in [-0.05, 0) is 44.5 Å². The second kappa shape index (κ2) is 4.90. The van der Waals surface area contributed by atoms with Gasteiger partial charge in [0.2, 0.25) is 0 Å². The molecule has 21 heavy (non-hydrogen) atoms. The molecule has 0 radical (unpaired) electrons. The molecule has 0 amide bonds. The van der Waals surface area contributed by atoms with E-state index in [1.54, 1.807) is 6.07 Å². The Hall–Kier alpha value is -1.78. The molecule has 0 aliphatic rings. The van der Waals surface area contributed by atoms with Crippen LogP contribution < -0.4 is 5.73 Å². The van der Waals surface area contributed by atoms with Crippen molar-refractivity contribution in [3.8, 4) is 5.69 Å². The van der Waals surface area contributed by atoms with E-state index in [-0.39, 0.29) is 0 Å². The van der Waals surface area contributed by atoms with E-state index in [9.17, 15) is 0 Å². The van der Waals surface area contributed by atoms with Crippen molar-refractivity contribution < 1.29 is 0 Å². The molecule has 2 N–H and O–H groups in total. The molecule has 0 atom stereocenters. The zero-order valence-electron chi connectivity index (χ0n) is 11.9. The van der Waals surface area contributed by atoms with Gasteiger partial charge in [-0.3, -0.25) is 4.57 Å². The highest BCUT2D eigenvalue weighted by molar-refractivity contribution is 6.42. The highest BCUT2D eigenvalue weighted by Gasteiger charge is 2.17. The number of fused-ring (bicyclic) bond motifs is 1. The fraction of sp³-hybridized carbons (Fsp3) is 0.200. The molecular weight excluding hydrogens is 307 g/mol. The topological polar surface area (TPSA) is 56.7 Å². The Kier molecular flexibility index (Phi) is 3.30. The molecule has 108 valence electrons. The largest absolute Gasteiger partial charge is 0.383 e. The summed E-state index contributed by atoms with van der Waals surface area (Å²) in [4.78, 5) is 8.79. The maximum absolute atomic E-state index is 6.13. The zero-order valence-corrected chi connectivity index (χ0v) is 13.4. The number of anilines is 1. The summed E-state index contributed by atoms with van der Waals surface area (Å²) in [5.74, 6) is 1.13. The number of rotatable bonds is 1. The van der Waals surface area contributed by atoms with Crippen LogP contribution >= 0.6 is 23.2 Å². The van der Waals surface area contributed by atoms with Gasteiger partial charge in [-0.2, -0.15) is 0 Å². The molecule has 0 saturated carbocycles. The van der Waals surface area contributed by atoms with Crippen LogP contribution in [0.2, 0.25) is 10.0 Å². The maximum atomic E-state index is 6.13. The Morgan fingerprint density at radius 1 is 1.05 bits per heavy atom. The number of aryl methyl sites for hydroxylation is 2. The predicted molar refractivity (Wildman–Crippen MR) is 87.5 cm³/mol. The van der Waals surface area contributed by atoms with Gasteiger partial charge in [-0.1, -0.05) is 23.2 Å². The SMILES string of the molecule is Cc1nc(N)c2c(C)c(C)n(-c3ccc(Cl)c(Cl)c3)c2n1. The summed E-state index contributed by atoms with van der Waals surface area (Å²) in [5.41, 5.74) is 9.86. The molecule has 2 aromatic heterocycles. The standard InChI is InChI=1S/C15H14Cl2N4/c1-7-8(2)21(10-4-5-11(16)12(17)6-10)15-13(7)14(18)19-9(3)20-15/h4-6H,1-3H3,(H2,18,19,20). The van der Waals surface area contributed by atoms with Crippen LogP contribution in [-0.4, -0.2) is 14.5 Å². The number of nitrogens with zero attached hydrogens (tertiary/aromatic N) is 3. The zero-order chi connectivity index (χ0) is 15.3. The van der Waals surface area contributed by atoms with E-state index < -0.39 is 0 Å². The Morgan fingerprint density at radius 3 is 2.43 bits per heavy atom. The Bertz CT molecular complexity index is 868. The lowest BCUT2D eigenvalue weighted by atomic mass is 10.2. The van der Waals surface area contributed by atoms with Crippen molar-refractivity contribution in [2.75, 3.05) is 5.73 Å². The first-order valence-corrected chi connectivity index (χ1v) is 7.23. The Balaban J connectivity index is 2.42. The second-order valence-electron chi connectivity index (χ2n) is 5.00. The van der Waals surface area contributed by atoms with Crippen LogP contribution in [-0.2, 0) is 0 Å². The molecule has 6 heteroatoms. The van der Waals surface area contributed by atoms with E-state index in [1.807, 2.05) is 37.5 Å². The number of nitrogen functional groups attached to an aromatic ring is 1. The van der Waals surface area contributed by atoms with Gasteiger partial charge in [-0.25, -0.2) is 9.97 Å². The van der Waals surface area contributed by atoms with Gasteiger partial charge in [0.15, 0.2) is 5.65 Å². The predicted octanol–water partition coefficient (Wildman–Crippen LogP) is 4.23. The molecule has 0 fully saturated rings.